The average molecular weight is 1540 g/mol. The van der Waals surface area contributed by atoms with Gasteiger partial charge in [-0.1, -0.05) is 24.3 Å². The average Bonchev–Trinajstić information content (AvgIpc) is 1.58. The number of anilines is 1. The number of ketones is 2. The van der Waals surface area contributed by atoms with E-state index in [0.717, 1.165) is 76.2 Å². The van der Waals surface area contributed by atoms with Gasteiger partial charge in [0.1, 0.15) is 11.4 Å². The molecule has 6 heterocycles. The van der Waals surface area contributed by atoms with Crippen LogP contribution in [0.15, 0.2) is 213 Å². The number of aryl methyl sites for hydroxylation is 3. The van der Waals surface area contributed by atoms with E-state index in [4.69, 9.17) is 20.6 Å². The lowest BCUT2D eigenvalue weighted by Gasteiger charge is -2.18. The van der Waals surface area contributed by atoms with Crippen molar-refractivity contribution >= 4 is 85.3 Å². The topological polar surface area (TPSA) is 478 Å². The van der Waals surface area contributed by atoms with Gasteiger partial charge < -0.3 is 10.2 Å². The fraction of sp³-hybridized carbons (Fsp3) is 0.143. The van der Waals surface area contributed by atoms with Gasteiger partial charge in [0.2, 0.25) is 50.1 Å². The monoisotopic (exact) mass is 1540 g/mol. The molecular formula is C70H69N19O13S5. The van der Waals surface area contributed by atoms with E-state index in [0.29, 0.717) is 57.5 Å². The number of amides is 1. The molecule has 552 valence electrons. The molecule has 11 N–H and O–H groups in total. The van der Waals surface area contributed by atoms with Crippen LogP contribution in [0.5, 0.6) is 0 Å². The van der Waals surface area contributed by atoms with Crippen LogP contribution in [0, 0.1) is 0 Å². The van der Waals surface area contributed by atoms with Crippen LogP contribution in [-0.2, 0) is 75.8 Å². The van der Waals surface area contributed by atoms with Crippen molar-refractivity contribution in [3.05, 3.63) is 228 Å². The number of carbonyl (C=O) groups is 3. The Hall–Kier alpha value is -11.8. The van der Waals surface area contributed by atoms with Gasteiger partial charge in [-0.2, -0.15) is 25.5 Å². The van der Waals surface area contributed by atoms with Crippen LogP contribution in [0.25, 0.3) is 67.8 Å². The van der Waals surface area contributed by atoms with Gasteiger partial charge in [0.25, 0.3) is 5.91 Å². The highest BCUT2D eigenvalue weighted by atomic mass is 32.2. The van der Waals surface area contributed by atoms with Crippen molar-refractivity contribution in [2.45, 2.75) is 59.1 Å². The van der Waals surface area contributed by atoms with Gasteiger partial charge in [0, 0.05) is 86.6 Å². The van der Waals surface area contributed by atoms with Gasteiger partial charge in [0.05, 0.1) is 95.8 Å². The van der Waals surface area contributed by atoms with Crippen molar-refractivity contribution in [2.24, 2.45) is 25.5 Å². The molecule has 6 aromatic carbocycles. The first-order valence-electron chi connectivity index (χ1n) is 32.0. The van der Waals surface area contributed by atoms with Crippen molar-refractivity contribution < 1.29 is 56.5 Å². The van der Waals surface area contributed by atoms with Crippen LogP contribution in [-0.4, -0.2) is 153 Å². The third-order valence-electron chi connectivity index (χ3n) is 16.5. The van der Waals surface area contributed by atoms with Crippen LogP contribution >= 0.6 is 0 Å². The Bertz CT molecular complexity index is 6050. The van der Waals surface area contributed by atoms with Crippen LogP contribution in [0.4, 0.5) is 11.4 Å². The number of rotatable bonds is 17. The van der Waals surface area contributed by atoms with E-state index in [-0.39, 0.29) is 42.7 Å². The zero-order valence-electron chi connectivity index (χ0n) is 57.8. The van der Waals surface area contributed by atoms with E-state index in [1.807, 2.05) is 66.4 Å². The summed E-state index contributed by atoms with van der Waals surface area (Å²) in [5, 5.41) is 47.9. The first-order valence-corrected chi connectivity index (χ1v) is 40.1. The zero-order valence-corrected chi connectivity index (χ0v) is 61.9. The smallest absolute Gasteiger partial charge is 0.271 e. The summed E-state index contributed by atoms with van der Waals surface area (Å²) in [6.07, 6.45) is 13.2. The molecule has 0 saturated carbocycles. The summed E-state index contributed by atoms with van der Waals surface area (Å²) in [4.78, 5) is 46.5. The van der Waals surface area contributed by atoms with Crippen molar-refractivity contribution in [2.75, 3.05) is 32.1 Å². The lowest BCUT2D eigenvalue weighted by Crippen LogP contribution is -2.20. The molecule has 37 heteroatoms. The Balaban J connectivity index is 0.000000143. The number of hydrogen-bond acceptors (Lipinski definition) is 20. The Morgan fingerprint density at radius 2 is 1.00 bits per heavy atom. The van der Waals surface area contributed by atoms with Gasteiger partial charge >= 0.3 is 0 Å². The predicted molar refractivity (Wildman–Crippen MR) is 400 cm³/mol. The first kappa shape index (κ1) is 76.3. The number of carbonyl (C=O) groups excluding carboxylic acids is 3. The normalized spacial score (nSPS) is 12.5. The number of nitrogens with two attached hydrogens (primary N) is 4. The zero-order chi connectivity index (χ0) is 77.1. The molecule has 2 aliphatic carbocycles. The molecule has 12 aromatic rings. The maximum absolute atomic E-state index is 12.3. The molecule has 0 atom stereocenters. The number of H-pyrrole nitrogens is 1. The molecule has 32 nitrogen and oxygen atoms in total. The van der Waals surface area contributed by atoms with Gasteiger partial charge in [-0.25, -0.2) is 86.4 Å². The highest BCUT2D eigenvalue weighted by Crippen LogP contribution is 2.38. The third kappa shape index (κ3) is 17.8. The summed E-state index contributed by atoms with van der Waals surface area (Å²) in [7, 11) is -13.3. The Labute approximate surface area is 615 Å². The number of nitrogens with one attached hydrogen (secondary N) is 3. The number of Topliss-reactive ketones (excluding diaryl/α,β-unsaturated/α-hetero) is 2. The quantitative estimate of drug-likeness (QED) is 0.0294. The second-order valence-electron chi connectivity index (χ2n) is 24.5. The van der Waals surface area contributed by atoms with Crippen LogP contribution < -0.4 is 30.6 Å². The SMILES string of the molecule is CC(=O)c1cc(-c2cccc(N=CN(C)C)c2)n(-c2ccc(S(N)(=O)=O)cc2)n1.CC(=O)c1cc(-c2cccc(NS(C)(=O)=O)c2)n(-c2ccc(S(N)(=O)=O)cc2)n1.CNC(=O)c1nn(-c2ccc(S(N)(=O)=O)cc2)c2c1CCc1[nH]ncc1-2.NS(=O)(=O)c1ccc(-n2ncc3c2-c2ccncc2CC3)cc1. The molecule has 0 saturated heterocycles. The fourth-order valence-electron chi connectivity index (χ4n) is 11.5. The Morgan fingerprint density at radius 3 is 1.48 bits per heavy atom. The molecule has 6 aromatic heterocycles. The number of sulfonamides is 5. The van der Waals surface area contributed by atoms with Gasteiger partial charge in [-0.3, -0.25) is 29.2 Å². The van der Waals surface area contributed by atoms with Crippen molar-refractivity contribution in [3.63, 3.8) is 0 Å². The second-order valence-corrected chi connectivity index (χ2v) is 32.5. The van der Waals surface area contributed by atoms with Crippen molar-refractivity contribution in [1.82, 2.24) is 64.5 Å². The summed E-state index contributed by atoms with van der Waals surface area (Å²) >= 11 is 0. The summed E-state index contributed by atoms with van der Waals surface area (Å²) in [5.41, 5.74) is 15.1. The number of hydrogen-bond donors (Lipinski definition) is 7. The van der Waals surface area contributed by atoms with Crippen LogP contribution in [0.1, 0.15) is 67.7 Å². The Kier molecular flexibility index (Phi) is 21.9. The predicted octanol–water partition coefficient (Wildman–Crippen LogP) is 6.42. The number of pyridine rings is 1. The second kappa shape index (κ2) is 30.7. The summed E-state index contributed by atoms with van der Waals surface area (Å²) < 4.78 is 124. The van der Waals surface area contributed by atoms with E-state index in [1.54, 1.807) is 108 Å². The number of aliphatic imine (C=N–C) groups is 1. The summed E-state index contributed by atoms with van der Waals surface area (Å²) in [6.45, 7) is 2.82. The maximum atomic E-state index is 12.3. The molecule has 2 aliphatic rings. The molecular weight excluding hydrogens is 1480 g/mol. The van der Waals surface area contributed by atoms with E-state index in [1.165, 1.54) is 90.3 Å². The number of benzene rings is 6. The Morgan fingerprint density at radius 1 is 0.523 bits per heavy atom. The minimum absolute atomic E-state index is 0.00164. The molecule has 0 unspecified atom stereocenters. The third-order valence-corrected chi connectivity index (χ3v) is 20.8. The van der Waals surface area contributed by atoms with Crippen molar-refractivity contribution in [3.8, 4) is 67.8 Å². The molecule has 0 fully saturated rings. The molecule has 14 rings (SSSR count). The van der Waals surface area contributed by atoms with Gasteiger partial charge in [-0.05, 0) is 176 Å². The lowest BCUT2D eigenvalue weighted by atomic mass is 9.92. The van der Waals surface area contributed by atoms with Crippen molar-refractivity contribution in [1.29, 1.82) is 0 Å². The van der Waals surface area contributed by atoms with E-state index < -0.39 is 50.1 Å². The number of primary sulfonamides is 4. The standard InChI is InChI=1S/C20H21N5O3S.C18H18N4O5S2.C16H16N6O3S.C16H14N4O2S/c1-14(26)19-12-20(15-5-4-6-16(11-15)22-13-24(2)3)25(23-19)17-7-9-18(10-8-17)29(21,27)28;1-12(23)17-11-18(13-4-3-5-14(10-13)21-28(2,24)25)22(20-17)15-6-8-16(9-7-15)29(19,26)27;1-18-16(23)14-11-6-7-13-12(8-19-20-13)15(11)22(21-14)9-2-4-10(5-3-9)26(17,24)25;17-23(21,22)14-5-3-13(4-6-14)20-16-12(10-19-20)2-1-11-9-18-8-7-15(11)16/h4-13H,1-3H3,(H2,21,27,28);3-11,21H,1-2H3,(H2,19,26,27);2-5,8H,6-7H2,1H3,(H,18,23)(H,19,20)(H2,17,24,25);3-10H,1-2H2,(H2,17,21,22). The first-order chi connectivity index (χ1) is 50.5. The molecule has 1 amide bonds. The van der Waals surface area contributed by atoms with E-state index in [9.17, 15) is 56.5 Å². The highest BCUT2D eigenvalue weighted by Gasteiger charge is 2.31. The minimum Gasteiger partial charge on any atom is -0.369 e. The molecule has 0 radical (unpaired) electrons. The largest absolute Gasteiger partial charge is 0.369 e. The summed E-state index contributed by atoms with van der Waals surface area (Å²) in [6, 6.07) is 43.5. The van der Waals surface area contributed by atoms with Gasteiger partial charge in [-0.15, -0.1) is 0 Å². The molecule has 0 aliphatic heterocycles. The fourth-order valence-corrected chi connectivity index (χ4v) is 14.1. The van der Waals surface area contributed by atoms with E-state index in [2.05, 4.69) is 50.6 Å². The van der Waals surface area contributed by atoms with Gasteiger partial charge in [0.15, 0.2) is 17.3 Å². The summed E-state index contributed by atoms with van der Waals surface area (Å²) in [5.74, 6) is -0.697. The maximum Gasteiger partial charge on any atom is 0.271 e. The highest BCUT2D eigenvalue weighted by molar-refractivity contribution is 7.92. The number of fused-ring (bicyclic) bond motifs is 6. The minimum atomic E-state index is -3.84. The van der Waals surface area contributed by atoms with Crippen LogP contribution in [0.2, 0.25) is 0 Å². The number of aromatic amines is 1. The van der Waals surface area contributed by atoms with E-state index >= 15 is 0 Å². The number of aromatic nitrogens is 11. The molecule has 107 heavy (non-hydrogen) atoms. The lowest BCUT2D eigenvalue weighted by molar-refractivity contribution is 0.0954. The molecule has 0 bridgehead atoms. The molecule has 0 spiro atoms. The van der Waals surface area contributed by atoms with Crippen LogP contribution in [0.3, 0.4) is 0 Å². The number of nitrogens with zero attached hydrogens (tertiary/aromatic N) is 12.